The minimum Gasteiger partial charge on any atom is -0.345 e. The number of carbonyl (C=O) groups excluding carboxylic acids is 2. The predicted molar refractivity (Wildman–Crippen MR) is 64.9 cm³/mol. The van der Waals surface area contributed by atoms with Crippen molar-refractivity contribution in [1.82, 2.24) is 10.6 Å². The van der Waals surface area contributed by atoms with Crippen LogP contribution in [-0.2, 0) is 9.59 Å². The van der Waals surface area contributed by atoms with Crippen LogP contribution in [0.5, 0.6) is 0 Å². The molecule has 0 saturated heterocycles. The van der Waals surface area contributed by atoms with Gasteiger partial charge in [-0.3, -0.25) is 9.59 Å². The van der Waals surface area contributed by atoms with Gasteiger partial charge in [-0.15, -0.1) is 0 Å². The molecule has 0 aromatic carbocycles. The first-order valence-electron chi connectivity index (χ1n) is 5.52. The molecule has 2 N–H and O–H groups in total. The second-order valence-corrected chi connectivity index (χ2v) is 2.43. The van der Waals surface area contributed by atoms with Crippen molar-refractivity contribution < 1.29 is 9.59 Å². The Hall–Kier alpha value is -0.900. The second-order valence-electron chi connectivity index (χ2n) is 2.43. The Kier molecular flexibility index (Phi) is 20.4. The van der Waals surface area contributed by atoms with Crippen LogP contribution in [0, 0.1) is 0 Å². The molecular weight excluding hydrogens is 192 g/mol. The van der Waals surface area contributed by atoms with E-state index in [1.54, 1.807) is 14.0 Å². The van der Waals surface area contributed by atoms with Crippen molar-refractivity contribution >= 4 is 11.7 Å². The number of ketones is 1. The van der Waals surface area contributed by atoms with Gasteiger partial charge in [-0.25, -0.2) is 0 Å². The summed E-state index contributed by atoms with van der Waals surface area (Å²) in [4.78, 5) is 21.5. The number of hydrogen-bond acceptors (Lipinski definition) is 3. The van der Waals surface area contributed by atoms with E-state index in [-0.39, 0.29) is 24.3 Å². The van der Waals surface area contributed by atoms with Gasteiger partial charge in [-0.05, 0) is 20.9 Å². The van der Waals surface area contributed by atoms with Crippen molar-refractivity contribution in [3.05, 3.63) is 0 Å². The molecule has 0 aliphatic heterocycles. The smallest absolute Gasteiger partial charge is 0.234 e. The number of hydrogen-bond donors (Lipinski definition) is 2. The van der Waals surface area contributed by atoms with Gasteiger partial charge in [0.2, 0.25) is 5.91 Å². The zero-order valence-corrected chi connectivity index (χ0v) is 11.1. The zero-order valence-electron chi connectivity index (χ0n) is 11.1. The summed E-state index contributed by atoms with van der Waals surface area (Å²) >= 11 is 0. The lowest BCUT2D eigenvalue weighted by molar-refractivity contribution is -0.125. The van der Waals surface area contributed by atoms with Gasteiger partial charge in [0.15, 0.2) is 5.78 Å². The third kappa shape index (κ3) is 15.8. The first-order valence-corrected chi connectivity index (χ1v) is 5.52. The first-order chi connectivity index (χ1) is 7.07. The molecular formula is C11H26N2O2. The summed E-state index contributed by atoms with van der Waals surface area (Å²) < 4.78 is 0. The lowest BCUT2D eigenvalue weighted by atomic mass is 10.2. The van der Waals surface area contributed by atoms with E-state index < -0.39 is 0 Å². The molecule has 0 aromatic rings. The molecule has 0 aromatic heterocycles. The third-order valence-electron chi connectivity index (χ3n) is 1.32. The number of likely N-dealkylation sites (N-methyl/N-ethyl adjacent to an activating group) is 1. The van der Waals surface area contributed by atoms with E-state index in [0.717, 1.165) is 0 Å². The number of rotatable bonds is 4. The van der Waals surface area contributed by atoms with Crippen molar-refractivity contribution in [2.75, 3.05) is 13.6 Å². The highest BCUT2D eigenvalue weighted by Crippen LogP contribution is 1.81. The van der Waals surface area contributed by atoms with Gasteiger partial charge in [-0.1, -0.05) is 27.7 Å². The third-order valence-corrected chi connectivity index (χ3v) is 1.32. The average molecular weight is 218 g/mol. The van der Waals surface area contributed by atoms with Crippen molar-refractivity contribution in [2.24, 2.45) is 0 Å². The summed E-state index contributed by atoms with van der Waals surface area (Å²) in [5.74, 6) is -0.190. The molecule has 0 aliphatic carbocycles. The highest BCUT2D eigenvalue weighted by atomic mass is 16.2. The molecule has 0 saturated carbocycles. The minimum absolute atomic E-state index is 0.0329. The molecule has 4 nitrogen and oxygen atoms in total. The number of nitrogens with one attached hydrogen (secondary N) is 2. The molecule has 15 heavy (non-hydrogen) atoms. The molecule has 1 amide bonds. The van der Waals surface area contributed by atoms with Crippen LogP contribution >= 0.6 is 0 Å². The van der Waals surface area contributed by atoms with Crippen LogP contribution in [-0.4, -0.2) is 31.3 Å². The predicted octanol–water partition coefficient (Wildman–Crippen LogP) is 1.35. The van der Waals surface area contributed by atoms with E-state index in [9.17, 15) is 9.59 Å². The fourth-order valence-electron chi connectivity index (χ4n) is 0.555. The van der Waals surface area contributed by atoms with Crippen LogP contribution in [0.25, 0.3) is 0 Å². The summed E-state index contributed by atoms with van der Waals surface area (Å²) in [6, 6.07) is -0.379. The summed E-state index contributed by atoms with van der Waals surface area (Å²) in [7, 11) is 1.68. The van der Waals surface area contributed by atoms with E-state index in [0.29, 0.717) is 0 Å². The highest BCUT2D eigenvalue weighted by molar-refractivity contribution is 5.87. The molecule has 1 unspecified atom stereocenters. The van der Waals surface area contributed by atoms with Crippen LogP contribution < -0.4 is 10.6 Å². The zero-order chi connectivity index (χ0) is 12.9. The van der Waals surface area contributed by atoms with Gasteiger partial charge in [0.25, 0.3) is 0 Å². The van der Waals surface area contributed by atoms with Crippen molar-refractivity contribution in [2.45, 2.75) is 47.6 Å². The summed E-state index contributed by atoms with van der Waals surface area (Å²) in [6.45, 7) is 11.4. The fourth-order valence-corrected chi connectivity index (χ4v) is 0.555. The van der Waals surface area contributed by atoms with E-state index in [1.807, 2.05) is 27.7 Å². The van der Waals surface area contributed by atoms with E-state index in [4.69, 9.17) is 0 Å². The maximum Gasteiger partial charge on any atom is 0.234 e. The number of Topliss-reactive ketones (excluding diaryl/α,β-unsaturated/α-hetero) is 1. The fraction of sp³-hybridized carbons (Fsp3) is 0.818. The molecule has 92 valence electrons. The molecule has 0 radical (unpaired) electrons. The van der Waals surface area contributed by atoms with Gasteiger partial charge in [0.1, 0.15) is 0 Å². The number of amides is 1. The van der Waals surface area contributed by atoms with E-state index >= 15 is 0 Å². The molecule has 0 fully saturated rings. The Morgan fingerprint density at radius 2 is 1.53 bits per heavy atom. The Morgan fingerprint density at radius 3 is 1.80 bits per heavy atom. The Morgan fingerprint density at radius 1 is 1.13 bits per heavy atom. The largest absolute Gasteiger partial charge is 0.345 e. The maximum atomic E-state index is 10.8. The van der Waals surface area contributed by atoms with Gasteiger partial charge in [0.05, 0.1) is 12.6 Å². The van der Waals surface area contributed by atoms with Crippen molar-refractivity contribution in [3.63, 3.8) is 0 Å². The highest BCUT2D eigenvalue weighted by Gasteiger charge is 2.09. The van der Waals surface area contributed by atoms with Gasteiger partial charge in [0, 0.05) is 0 Å². The standard InChI is InChI=1S/C7H14N2O2.2C2H6/c1-5(6(2)10)9-7(11)4-8-3;2*1-2/h5,8H,4H2,1-3H3,(H,9,11);2*1-2H3. The molecule has 0 heterocycles. The Bertz CT molecular complexity index is 159. The van der Waals surface area contributed by atoms with E-state index in [1.165, 1.54) is 6.92 Å². The Labute approximate surface area is 93.8 Å². The monoisotopic (exact) mass is 218 g/mol. The van der Waals surface area contributed by atoms with Crippen LogP contribution in [0.3, 0.4) is 0 Å². The maximum absolute atomic E-state index is 10.8. The second kappa shape index (κ2) is 15.6. The molecule has 0 rings (SSSR count). The van der Waals surface area contributed by atoms with Crippen LogP contribution in [0.2, 0.25) is 0 Å². The van der Waals surface area contributed by atoms with Gasteiger partial charge < -0.3 is 10.6 Å². The minimum atomic E-state index is -0.379. The molecule has 0 aliphatic rings. The summed E-state index contributed by atoms with van der Waals surface area (Å²) in [6.07, 6.45) is 0. The summed E-state index contributed by atoms with van der Waals surface area (Å²) in [5, 5.41) is 5.22. The van der Waals surface area contributed by atoms with Crippen LogP contribution in [0.15, 0.2) is 0 Å². The molecule has 0 bridgehead atoms. The normalized spacial score (nSPS) is 9.80. The molecule has 0 spiro atoms. The first kappa shape index (κ1) is 19.6. The van der Waals surface area contributed by atoms with Crippen LogP contribution in [0.4, 0.5) is 0 Å². The van der Waals surface area contributed by atoms with Crippen LogP contribution in [0.1, 0.15) is 41.5 Å². The number of carbonyl (C=O) groups is 2. The van der Waals surface area contributed by atoms with Crippen molar-refractivity contribution in [1.29, 1.82) is 0 Å². The lowest BCUT2D eigenvalue weighted by Crippen LogP contribution is -2.41. The average Bonchev–Trinajstić information content (AvgIpc) is 2.24. The molecule has 1 atom stereocenters. The van der Waals surface area contributed by atoms with E-state index in [2.05, 4.69) is 10.6 Å². The summed E-state index contributed by atoms with van der Waals surface area (Å²) in [5.41, 5.74) is 0. The Balaban J connectivity index is -0.000000318. The topological polar surface area (TPSA) is 58.2 Å². The van der Waals surface area contributed by atoms with Gasteiger partial charge in [-0.2, -0.15) is 0 Å². The lowest BCUT2D eigenvalue weighted by Gasteiger charge is -2.09. The SMILES string of the molecule is CC.CC.CNCC(=O)NC(C)C(C)=O. The van der Waals surface area contributed by atoms with Gasteiger partial charge >= 0.3 is 0 Å². The van der Waals surface area contributed by atoms with Crippen molar-refractivity contribution in [3.8, 4) is 0 Å². The molecule has 4 heteroatoms. The quantitative estimate of drug-likeness (QED) is 0.749.